The fraction of sp³-hybridized carbons (Fsp3) is 0.400. The van der Waals surface area contributed by atoms with Gasteiger partial charge < -0.3 is 5.21 Å². The molecule has 0 bridgehead atoms. The number of nitrogens with zero attached hydrogens (tertiary/aromatic N) is 1. The zero-order valence-electron chi connectivity index (χ0n) is 4.43. The molecule has 2 nitrogen and oxygen atoms in total. The molecule has 0 spiro atoms. The Hall–Kier alpha value is -0.790. The quantitative estimate of drug-likeness (QED) is 0.325. The van der Waals surface area contributed by atoms with Crippen LogP contribution in [0.4, 0.5) is 0 Å². The highest BCUT2D eigenvalue weighted by Gasteiger charge is 2.13. The smallest absolute Gasteiger partial charge is 0.196 e. The summed E-state index contributed by atoms with van der Waals surface area (Å²) in [5.41, 5.74) is 1.61. The average molecular weight is 97.1 g/mol. The Morgan fingerprint density at radius 1 is 1.57 bits per heavy atom. The van der Waals surface area contributed by atoms with Crippen LogP contribution in [0.15, 0.2) is 11.8 Å². The first-order valence-corrected chi connectivity index (χ1v) is 2.21. The van der Waals surface area contributed by atoms with Crippen molar-refractivity contribution in [3.63, 3.8) is 0 Å². The highest BCUT2D eigenvalue weighted by atomic mass is 16.5. The summed E-state index contributed by atoms with van der Waals surface area (Å²) >= 11 is 0. The van der Waals surface area contributed by atoms with Gasteiger partial charge in [0, 0.05) is 13.8 Å². The lowest BCUT2D eigenvalue weighted by atomic mass is 10.2. The van der Waals surface area contributed by atoms with Crippen LogP contribution < -0.4 is 0 Å². The zero-order chi connectivity index (χ0) is 5.44. The van der Waals surface area contributed by atoms with Crippen molar-refractivity contribution in [2.24, 2.45) is 0 Å². The summed E-state index contributed by atoms with van der Waals surface area (Å²) in [4.78, 5) is 0. The minimum Gasteiger partial charge on any atom is -0.618 e. The van der Waals surface area contributed by atoms with Crippen molar-refractivity contribution in [3.8, 4) is 0 Å². The first-order chi connectivity index (χ1) is 3.22. The normalized spacial score (nSPS) is 18.9. The van der Waals surface area contributed by atoms with Crippen LogP contribution in [0.2, 0.25) is 0 Å². The van der Waals surface area contributed by atoms with Crippen LogP contribution in [0.5, 0.6) is 0 Å². The third kappa shape index (κ3) is 0.427. The highest BCUT2D eigenvalue weighted by molar-refractivity contribution is 5.92. The van der Waals surface area contributed by atoms with Gasteiger partial charge in [-0.15, -0.1) is 0 Å². The van der Waals surface area contributed by atoms with Gasteiger partial charge >= 0.3 is 0 Å². The second-order valence-electron chi connectivity index (χ2n) is 1.72. The fourth-order valence-corrected chi connectivity index (χ4v) is 0.632. The van der Waals surface area contributed by atoms with Crippen molar-refractivity contribution < 1.29 is 4.74 Å². The molecule has 0 saturated carbocycles. The number of allylic oxidation sites excluding steroid dienone is 2. The third-order valence-corrected chi connectivity index (χ3v) is 1.06. The van der Waals surface area contributed by atoms with Gasteiger partial charge in [-0.05, 0) is 0 Å². The molecule has 0 amide bonds. The van der Waals surface area contributed by atoms with E-state index in [1.54, 1.807) is 13.8 Å². The predicted molar refractivity (Wildman–Crippen MR) is 28.1 cm³/mol. The van der Waals surface area contributed by atoms with Crippen LogP contribution in [0.1, 0.15) is 13.8 Å². The van der Waals surface area contributed by atoms with Crippen molar-refractivity contribution >= 4 is 5.71 Å². The van der Waals surface area contributed by atoms with Crippen LogP contribution in [0.25, 0.3) is 0 Å². The molecule has 1 heterocycles. The largest absolute Gasteiger partial charge is 0.618 e. The number of hydrogen-bond acceptors (Lipinski definition) is 1. The molecule has 0 aromatic heterocycles. The van der Waals surface area contributed by atoms with E-state index in [1.165, 1.54) is 0 Å². The van der Waals surface area contributed by atoms with E-state index in [0.29, 0.717) is 0 Å². The molecule has 1 aliphatic rings. The lowest BCUT2D eigenvalue weighted by molar-refractivity contribution is -0.413. The minimum atomic E-state index is 0.803. The van der Waals surface area contributed by atoms with Gasteiger partial charge in [0.1, 0.15) is 0 Å². The third-order valence-electron chi connectivity index (χ3n) is 1.06. The summed E-state index contributed by atoms with van der Waals surface area (Å²) in [6, 6.07) is 0. The molecule has 0 unspecified atom stereocenters. The molecular weight excluding hydrogens is 90.1 g/mol. The molecule has 0 aromatic rings. The maximum atomic E-state index is 10.4. The van der Waals surface area contributed by atoms with E-state index >= 15 is 0 Å². The second-order valence-corrected chi connectivity index (χ2v) is 1.72. The molecule has 0 saturated heterocycles. The predicted octanol–water partition coefficient (Wildman–Crippen LogP) is 0.875. The van der Waals surface area contributed by atoms with Gasteiger partial charge in [-0.1, -0.05) is 0 Å². The van der Waals surface area contributed by atoms with Crippen molar-refractivity contribution in [3.05, 3.63) is 17.0 Å². The van der Waals surface area contributed by atoms with E-state index in [-0.39, 0.29) is 0 Å². The zero-order valence-corrected chi connectivity index (χ0v) is 4.43. The molecular formula is C5H7NO. The number of rotatable bonds is 0. The van der Waals surface area contributed by atoms with Gasteiger partial charge in [-0.3, -0.25) is 0 Å². The monoisotopic (exact) mass is 97.1 g/mol. The number of hydrogen-bond donors (Lipinski definition) is 0. The summed E-state index contributed by atoms with van der Waals surface area (Å²) in [6.45, 7) is 3.58. The van der Waals surface area contributed by atoms with E-state index in [9.17, 15) is 5.21 Å². The van der Waals surface area contributed by atoms with Crippen LogP contribution in [-0.4, -0.2) is 10.5 Å². The van der Waals surface area contributed by atoms with Gasteiger partial charge in [-0.2, -0.15) is 4.74 Å². The van der Waals surface area contributed by atoms with Gasteiger partial charge in [0.25, 0.3) is 0 Å². The molecule has 0 radical (unpaired) electrons. The van der Waals surface area contributed by atoms with Gasteiger partial charge in [0.05, 0.1) is 6.08 Å². The van der Waals surface area contributed by atoms with Gasteiger partial charge in [0.2, 0.25) is 0 Å². The summed E-state index contributed by atoms with van der Waals surface area (Å²) in [6.07, 6.45) is 1.85. The summed E-state index contributed by atoms with van der Waals surface area (Å²) in [7, 11) is 0. The Morgan fingerprint density at radius 3 is 2.14 bits per heavy atom. The Balaban J connectivity index is 2.73. The lowest BCUT2D eigenvalue weighted by Gasteiger charge is -2.10. The first kappa shape index (κ1) is 4.37. The Bertz CT molecular complexity index is 155. The Labute approximate surface area is 42.4 Å². The highest BCUT2D eigenvalue weighted by Crippen LogP contribution is 2.04. The van der Waals surface area contributed by atoms with Crippen LogP contribution in [0.3, 0.4) is 0 Å². The van der Waals surface area contributed by atoms with Gasteiger partial charge in [-0.25, -0.2) is 0 Å². The second kappa shape index (κ2) is 1.09. The molecule has 38 valence electrons. The standard InChI is InChI=1S/C5H7NO/c1-4-3-5(2)6(4)7/h3H,1-2H3. The summed E-state index contributed by atoms with van der Waals surface area (Å²) in [5.74, 6) is 0. The SMILES string of the molecule is CC1=CC(C)=[N+]1[O-]. The maximum absolute atomic E-state index is 10.4. The molecule has 7 heavy (non-hydrogen) atoms. The van der Waals surface area contributed by atoms with Crippen molar-refractivity contribution in [2.45, 2.75) is 13.8 Å². The van der Waals surface area contributed by atoms with E-state index in [4.69, 9.17) is 0 Å². The molecule has 0 aliphatic carbocycles. The van der Waals surface area contributed by atoms with E-state index in [0.717, 1.165) is 16.1 Å². The van der Waals surface area contributed by atoms with E-state index in [1.807, 2.05) is 6.08 Å². The van der Waals surface area contributed by atoms with Gasteiger partial charge in [0.15, 0.2) is 11.4 Å². The van der Waals surface area contributed by atoms with Crippen LogP contribution in [-0.2, 0) is 0 Å². The number of hydroxylamine groups is 1. The fourth-order valence-electron chi connectivity index (χ4n) is 0.632. The summed E-state index contributed by atoms with van der Waals surface area (Å²) in [5, 5.41) is 10.4. The molecule has 1 rings (SSSR count). The molecule has 2 heteroatoms. The van der Waals surface area contributed by atoms with Crippen molar-refractivity contribution in [2.75, 3.05) is 0 Å². The Morgan fingerprint density at radius 2 is 2.14 bits per heavy atom. The molecule has 0 aromatic carbocycles. The Kier molecular flexibility index (Phi) is 0.680. The van der Waals surface area contributed by atoms with Crippen molar-refractivity contribution in [1.82, 2.24) is 0 Å². The lowest BCUT2D eigenvalue weighted by Crippen LogP contribution is -2.18. The minimum absolute atomic E-state index is 0.803. The van der Waals surface area contributed by atoms with E-state index in [2.05, 4.69) is 0 Å². The van der Waals surface area contributed by atoms with Crippen LogP contribution >= 0.6 is 0 Å². The van der Waals surface area contributed by atoms with E-state index < -0.39 is 0 Å². The molecule has 0 atom stereocenters. The van der Waals surface area contributed by atoms with Crippen molar-refractivity contribution in [1.29, 1.82) is 0 Å². The summed E-state index contributed by atoms with van der Waals surface area (Å²) < 4.78 is 0.917. The molecule has 1 aliphatic heterocycles. The average Bonchev–Trinajstić information content (AvgIpc) is 1.68. The first-order valence-electron chi connectivity index (χ1n) is 2.21. The van der Waals surface area contributed by atoms with Crippen LogP contribution in [0, 0.1) is 5.21 Å². The molecule has 0 N–H and O–H groups in total. The topological polar surface area (TPSA) is 26.1 Å². The molecule has 0 fully saturated rings. The maximum Gasteiger partial charge on any atom is 0.196 e.